The number of aliphatic hydroxyl groups excluding tert-OH is 1. The Morgan fingerprint density at radius 1 is 1.06 bits per heavy atom. The Morgan fingerprint density at radius 2 is 1.78 bits per heavy atom. The average Bonchev–Trinajstić information content (AvgIpc) is 3.27. The van der Waals surface area contributed by atoms with Gasteiger partial charge < -0.3 is 29.6 Å². The van der Waals surface area contributed by atoms with Crippen molar-refractivity contribution in [1.29, 1.82) is 0 Å². The Bertz CT molecular complexity index is 1120. The summed E-state index contributed by atoms with van der Waals surface area (Å²) in [5, 5.41) is 16.4. The molecule has 3 aromatic rings. The van der Waals surface area contributed by atoms with Crippen molar-refractivity contribution < 1.29 is 28.6 Å². The van der Waals surface area contributed by atoms with Gasteiger partial charge in [0.25, 0.3) is 0 Å². The zero-order valence-electron chi connectivity index (χ0n) is 20.8. The number of oxazole rings is 1. The van der Waals surface area contributed by atoms with Crippen LogP contribution in [-0.2, 0) is 16.1 Å². The van der Waals surface area contributed by atoms with Crippen molar-refractivity contribution in [2.24, 2.45) is 0 Å². The molecule has 1 heterocycles. The first kappa shape index (κ1) is 26.7. The van der Waals surface area contributed by atoms with Crippen LogP contribution in [0.25, 0.3) is 11.1 Å². The van der Waals surface area contributed by atoms with Gasteiger partial charge in [-0.1, -0.05) is 54.6 Å². The predicted octanol–water partition coefficient (Wildman–Crippen LogP) is 5.02. The van der Waals surface area contributed by atoms with Gasteiger partial charge in [0.2, 0.25) is 5.89 Å². The van der Waals surface area contributed by atoms with E-state index < -0.39 is 29.9 Å². The van der Waals surface area contributed by atoms with Gasteiger partial charge >= 0.3 is 12.2 Å². The standard InChI is InChI=1S/C27H33N3O6/c1-27(2,3)36-25(32)28-17-11-5-8-15-21(30-26(33)34-18-19-12-6-4-7-13-19)23(31)24-29-20-14-9-10-16-22(20)35-24/h4-10,12-14,16,21,23,31H,11,15,17-18H2,1-3H3,(H,28,32)(H,30,33)/b8-5+/t21-,23?/m0/s1. The molecule has 0 spiro atoms. The summed E-state index contributed by atoms with van der Waals surface area (Å²) in [4.78, 5) is 28.6. The highest BCUT2D eigenvalue weighted by molar-refractivity contribution is 5.72. The molecule has 0 saturated carbocycles. The highest BCUT2D eigenvalue weighted by Crippen LogP contribution is 2.24. The minimum absolute atomic E-state index is 0.101. The normalized spacial score (nSPS) is 13.3. The maximum absolute atomic E-state index is 12.5. The van der Waals surface area contributed by atoms with Crippen LogP contribution in [0.4, 0.5) is 9.59 Å². The van der Waals surface area contributed by atoms with Gasteiger partial charge in [-0.3, -0.25) is 0 Å². The number of hydrogen-bond donors (Lipinski definition) is 3. The highest BCUT2D eigenvalue weighted by atomic mass is 16.6. The maximum atomic E-state index is 12.5. The number of amides is 2. The summed E-state index contributed by atoms with van der Waals surface area (Å²) in [6.45, 7) is 5.88. The van der Waals surface area contributed by atoms with Gasteiger partial charge in [0, 0.05) is 6.54 Å². The first-order valence-electron chi connectivity index (χ1n) is 11.8. The zero-order chi connectivity index (χ0) is 26.0. The Balaban J connectivity index is 1.58. The lowest BCUT2D eigenvalue weighted by atomic mass is 10.1. The number of alkyl carbamates (subject to hydrolysis) is 2. The van der Waals surface area contributed by atoms with Gasteiger partial charge in [-0.2, -0.15) is 0 Å². The lowest BCUT2D eigenvalue weighted by Crippen LogP contribution is -2.39. The smallest absolute Gasteiger partial charge is 0.407 e. The van der Waals surface area contributed by atoms with E-state index in [4.69, 9.17) is 13.9 Å². The summed E-state index contributed by atoms with van der Waals surface area (Å²) in [6, 6.07) is 15.7. The van der Waals surface area contributed by atoms with Crippen molar-refractivity contribution in [3.63, 3.8) is 0 Å². The monoisotopic (exact) mass is 495 g/mol. The van der Waals surface area contributed by atoms with Crippen LogP contribution in [0.2, 0.25) is 0 Å². The molecule has 3 N–H and O–H groups in total. The molecule has 36 heavy (non-hydrogen) atoms. The van der Waals surface area contributed by atoms with Crippen LogP contribution in [0.5, 0.6) is 0 Å². The fourth-order valence-electron chi connectivity index (χ4n) is 3.30. The lowest BCUT2D eigenvalue weighted by Gasteiger charge is -2.21. The first-order valence-corrected chi connectivity index (χ1v) is 11.8. The summed E-state index contributed by atoms with van der Waals surface area (Å²) < 4.78 is 16.2. The predicted molar refractivity (Wildman–Crippen MR) is 135 cm³/mol. The molecule has 0 aliphatic carbocycles. The molecular formula is C27H33N3O6. The first-order chi connectivity index (χ1) is 17.2. The molecule has 9 nitrogen and oxygen atoms in total. The van der Waals surface area contributed by atoms with Gasteiger partial charge in [-0.05, 0) is 51.3 Å². The number of fused-ring (bicyclic) bond motifs is 1. The SMILES string of the molecule is CC(C)(C)OC(=O)NCC/C=C/C[C@H](NC(=O)OCc1ccccc1)C(O)c1nc2ccccc2o1. The summed E-state index contributed by atoms with van der Waals surface area (Å²) in [7, 11) is 0. The van der Waals surface area contributed by atoms with E-state index in [9.17, 15) is 14.7 Å². The number of carbonyl (C=O) groups is 2. The molecular weight excluding hydrogens is 462 g/mol. The van der Waals surface area contributed by atoms with Crippen LogP contribution < -0.4 is 10.6 Å². The van der Waals surface area contributed by atoms with Crippen LogP contribution in [0.1, 0.15) is 51.2 Å². The minimum atomic E-state index is -1.20. The average molecular weight is 496 g/mol. The molecule has 0 radical (unpaired) electrons. The highest BCUT2D eigenvalue weighted by Gasteiger charge is 2.27. The van der Waals surface area contributed by atoms with E-state index in [1.165, 1.54) is 0 Å². The molecule has 0 bridgehead atoms. The molecule has 0 saturated heterocycles. The van der Waals surface area contributed by atoms with Gasteiger partial charge in [0.05, 0.1) is 6.04 Å². The molecule has 3 rings (SSSR count). The Morgan fingerprint density at radius 3 is 2.50 bits per heavy atom. The fourth-order valence-corrected chi connectivity index (χ4v) is 3.30. The number of aromatic nitrogens is 1. The van der Waals surface area contributed by atoms with Crippen molar-refractivity contribution in [3.05, 3.63) is 78.2 Å². The van der Waals surface area contributed by atoms with Crippen molar-refractivity contribution in [2.75, 3.05) is 6.54 Å². The number of carbonyl (C=O) groups excluding carboxylic acids is 2. The molecule has 0 aliphatic rings. The molecule has 1 aromatic heterocycles. The number of hydrogen-bond acceptors (Lipinski definition) is 7. The summed E-state index contributed by atoms with van der Waals surface area (Å²) >= 11 is 0. The third kappa shape index (κ3) is 8.74. The quantitative estimate of drug-likeness (QED) is 0.267. The van der Waals surface area contributed by atoms with E-state index in [0.717, 1.165) is 5.56 Å². The van der Waals surface area contributed by atoms with Crippen molar-refractivity contribution in [1.82, 2.24) is 15.6 Å². The van der Waals surface area contributed by atoms with E-state index in [1.807, 2.05) is 54.6 Å². The van der Waals surface area contributed by atoms with Gasteiger partial charge in [0.1, 0.15) is 17.7 Å². The van der Waals surface area contributed by atoms with E-state index in [-0.39, 0.29) is 18.9 Å². The summed E-state index contributed by atoms with van der Waals surface area (Å²) in [5.74, 6) is 0.101. The maximum Gasteiger partial charge on any atom is 0.407 e. The van der Waals surface area contributed by atoms with Crippen LogP contribution in [-0.4, -0.2) is 40.5 Å². The molecule has 2 amide bonds. The van der Waals surface area contributed by atoms with Crippen molar-refractivity contribution >= 4 is 23.3 Å². The molecule has 192 valence electrons. The number of aliphatic hydroxyl groups is 1. The number of ether oxygens (including phenoxy) is 2. The van der Waals surface area contributed by atoms with Crippen LogP contribution in [0, 0.1) is 0 Å². The third-order valence-corrected chi connectivity index (χ3v) is 5.00. The number of rotatable bonds is 10. The lowest BCUT2D eigenvalue weighted by molar-refractivity contribution is 0.0528. The van der Waals surface area contributed by atoms with E-state index in [0.29, 0.717) is 24.1 Å². The Kier molecular flexibility index (Phi) is 9.46. The molecule has 1 unspecified atom stereocenters. The van der Waals surface area contributed by atoms with Crippen LogP contribution >= 0.6 is 0 Å². The molecule has 0 aliphatic heterocycles. The van der Waals surface area contributed by atoms with E-state index in [2.05, 4.69) is 15.6 Å². The second kappa shape index (κ2) is 12.7. The van der Waals surface area contributed by atoms with E-state index >= 15 is 0 Å². The number of nitrogens with one attached hydrogen (secondary N) is 2. The molecule has 2 aromatic carbocycles. The zero-order valence-corrected chi connectivity index (χ0v) is 20.8. The van der Waals surface area contributed by atoms with E-state index in [1.54, 1.807) is 32.9 Å². The molecule has 0 fully saturated rings. The van der Waals surface area contributed by atoms with Crippen LogP contribution in [0.3, 0.4) is 0 Å². The second-order valence-electron chi connectivity index (χ2n) is 9.20. The van der Waals surface area contributed by atoms with Gasteiger partial charge in [-0.15, -0.1) is 0 Å². The molecule has 9 heteroatoms. The second-order valence-corrected chi connectivity index (χ2v) is 9.20. The summed E-state index contributed by atoms with van der Waals surface area (Å²) in [5.41, 5.74) is 1.44. The Labute approximate surface area is 210 Å². The minimum Gasteiger partial charge on any atom is -0.445 e. The topological polar surface area (TPSA) is 123 Å². The number of benzene rings is 2. The van der Waals surface area contributed by atoms with Crippen molar-refractivity contribution in [2.45, 2.75) is 58.0 Å². The Hall–Kier alpha value is -3.85. The van der Waals surface area contributed by atoms with Gasteiger partial charge in [0.15, 0.2) is 11.7 Å². The largest absolute Gasteiger partial charge is 0.445 e. The van der Waals surface area contributed by atoms with Crippen LogP contribution in [0.15, 0.2) is 71.2 Å². The summed E-state index contributed by atoms with van der Waals surface area (Å²) in [6.07, 6.45) is 2.13. The third-order valence-electron chi connectivity index (χ3n) is 5.00. The number of para-hydroxylation sites is 2. The van der Waals surface area contributed by atoms with Crippen molar-refractivity contribution in [3.8, 4) is 0 Å². The fraction of sp³-hybridized carbons (Fsp3) is 0.370. The molecule has 2 atom stereocenters. The van der Waals surface area contributed by atoms with Gasteiger partial charge in [-0.25, -0.2) is 14.6 Å². The number of nitrogens with zero attached hydrogens (tertiary/aromatic N) is 1.